The van der Waals surface area contributed by atoms with E-state index in [0.29, 0.717) is 0 Å². The van der Waals surface area contributed by atoms with Gasteiger partial charge in [0, 0.05) is 0 Å². The van der Waals surface area contributed by atoms with Gasteiger partial charge in [0.15, 0.2) is 0 Å². The van der Waals surface area contributed by atoms with Crippen LogP contribution in [0.2, 0.25) is 0 Å². The average molecular weight is 129 g/mol. The minimum atomic E-state index is -0.0301. The van der Waals surface area contributed by atoms with Crippen molar-refractivity contribution in [3.8, 4) is 0 Å². The van der Waals surface area contributed by atoms with E-state index >= 15 is 0 Å². The van der Waals surface area contributed by atoms with Crippen molar-refractivity contribution in [2.75, 3.05) is 7.05 Å². The quantitative estimate of drug-likeness (QED) is 0.559. The number of rotatable bonds is 2. The molecule has 2 nitrogen and oxygen atoms in total. The third-order valence-corrected chi connectivity index (χ3v) is 1.38. The van der Waals surface area contributed by atoms with Gasteiger partial charge < -0.3 is 10.1 Å². The first-order valence-electron chi connectivity index (χ1n) is 3.15. The van der Waals surface area contributed by atoms with Crippen LogP contribution in [0.5, 0.6) is 0 Å². The van der Waals surface area contributed by atoms with Crippen LogP contribution in [0.15, 0.2) is 0 Å². The van der Waals surface area contributed by atoms with E-state index < -0.39 is 0 Å². The highest BCUT2D eigenvalue weighted by atomic mass is 16.1. The highest BCUT2D eigenvalue weighted by Crippen LogP contribution is 2.16. The van der Waals surface area contributed by atoms with Crippen LogP contribution >= 0.6 is 0 Å². The standard InChI is InChI=1S/C7H15NO/c1-7(2,3)6(5-9)8-4/h5-6,8H,1-4H3. The molecular weight excluding hydrogens is 114 g/mol. The molecule has 2 heteroatoms. The Bertz CT molecular complexity index is 93.6. The minimum Gasteiger partial charge on any atom is -0.310 e. The Morgan fingerprint density at radius 1 is 1.44 bits per heavy atom. The summed E-state index contributed by atoms with van der Waals surface area (Å²) in [5.74, 6) is 0. The molecule has 0 spiro atoms. The molecule has 1 unspecified atom stereocenters. The first-order chi connectivity index (χ1) is 4.02. The normalized spacial score (nSPS) is 15.1. The maximum absolute atomic E-state index is 10.3. The van der Waals surface area contributed by atoms with E-state index in [1.165, 1.54) is 0 Å². The summed E-state index contributed by atoms with van der Waals surface area (Å²) >= 11 is 0. The molecule has 54 valence electrons. The highest BCUT2D eigenvalue weighted by molar-refractivity contribution is 5.58. The number of carbonyl (C=O) groups is 1. The van der Waals surface area contributed by atoms with Crippen molar-refractivity contribution in [3.63, 3.8) is 0 Å². The third-order valence-electron chi connectivity index (χ3n) is 1.38. The van der Waals surface area contributed by atoms with E-state index in [1.54, 1.807) is 7.05 Å². The fourth-order valence-corrected chi connectivity index (χ4v) is 0.705. The van der Waals surface area contributed by atoms with Crippen LogP contribution in [-0.2, 0) is 4.79 Å². The third kappa shape index (κ3) is 2.61. The average Bonchev–Trinajstić information content (AvgIpc) is 1.65. The SMILES string of the molecule is CNC(C=O)C(C)(C)C. The van der Waals surface area contributed by atoms with Gasteiger partial charge in [-0.1, -0.05) is 20.8 Å². The van der Waals surface area contributed by atoms with Crippen LogP contribution in [0, 0.1) is 5.41 Å². The molecule has 9 heavy (non-hydrogen) atoms. The molecule has 0 aromatic carbocycles. The molecule has 0 bridgehead atoms. The van der Waals surface area contributed by atoms with E-state index in [4.69, 9.17) is 0 Å². The maximum atomic E-state index is 10.3. The van der Waals surface area contributed by atoms with Gasteiger partial charge in [-0.3, -0.25) is 0 Å². The summed E-state index contributed by atoms with van der Waals surface area (Å²) in [6.45, 7) is 6.09. The molecule has 0 saturated heterocycles. The van der Waals surface area contributed by atoms with E-state index in [0.717, 1.165) is 6.29 Å². The summed E-state index contributed by atoms with van der Waals surface area (Å²) in [5.41, 5.74) is 0.0382. The van der Waals surface area contributed by atoms with Gasteiger partial charge in [-0.15, -0.1) is 0 Å². The van der Waals surface area contributed by atoms with Crippen molar-refractivity contribution < 1.29 is 4.79 Å². The molecule has 0 radical (unpaired) electrons. The topological polar surface area (TPSA) is 29.1 Å². The monoisotopic (exact) mass is 129 g/mol. The van der Waals surface area contributed by atoms with Crippen molar-refractivity contribution in [3.05, 3.63) is 0 Å². The van der Waals surface area contributed by atoms with Crippen LogP contribution in [0.4, 0.5) is 0 Å². The summed E-state index contributed by atoms with van der Waals surface area (Å²) in [7, 11) is 1.80. The van der Waals surface area contributed by atoms with Crippen LogP contribution in [0.1, 0.15) is 20.8 Å². The Hall–Kier alpha value is -0.370. The fraction of sp³-hybridized carbons (Fsp3) is 0.857. The van der Waals surface area contributed by atoms with Gasteiger partial charge in [-0.2, -0.15) is 0 Å². The summed E-state index contributed by atoms with van der Waals surface area (Å²) in [6, 6.07) is -0.0301. The molecule has 1 atom stereocenters. The molecule has 0 aromatic heterocycles. The molecule has 0 rings (SSSR count). The van der Waals surface area contributed by atoms with Gasteiger partial charge in [0.25, 0.3) is 0 Å². The number of nitrogens with one attached hydrogen (secondary N) is 1. The second-order valence-electron chi connectivity index (χ2n) is 3.27. The van der Waals surface area contributed by atoms with Gasteiger partial charge in [0.1, 0.15) is 6.29 Å². The van der Waals surface area contributed by atoms with Crippen molar-refractivity contribution in [2.45, 2.75) is 26.8 Å². The van der Waals surface area contributed by atoms with Crippen LogP contribution in [0.3, 0.4) is 0 Å². The van der Waals surface area contributed by atoms with Gasteiger partial charge in [-0.25, -0.2) is 0 Å². The molecule has 0 aliphatic heterocycles. The predicted molar refractivity (Wildman–Crippen MR) is 38.4 cm³/mol. The second-order valence-corrected chi connectivity index (χ2v) is 3.27. The van der Waals surface area contributed by atoms with Crippen molar-refractivity contribution in [2.24, 2.45) is 5.41 Å². The van der Waals surface area contributed by atoms with Gasteiger partial charge >= 0.3 is 0 Å². The van der Waals surface area contributed by atoms with Crippen molar-refractivity contribution in [1.29, 1.82) is 0 Å². The Balaban J connectivity index is 3.94. The van der Waals surface area contributed by atoms with Crippen LogP contribution in [-0.4, -0.2) is 19.4 Å². The van der Waals surface area contributed by atoms with E-state index in [-0.39, 0.29) is 11.5 Å². The molecule has 0 aliphatic rings. The van der Waals surface area contributed by atoms with Crippen molar-refractivity contribution in [1.82, 2.24) is 5.32 Å². The highest BCUT2D eigenvalue weighted by Gasteiger charge is 2.21. The van der Waals surface area contributed by atoms with E-state index in [1.807, 2.05) is 20.8 Å². The maximum Gasteiger partial charge on any atom is 0.137 e. The van der Waals surface area contributed by atoms with Gasteiger partial charge in [-0.05, 0) is 12.5 Å². The Kier molecular flexibility index (Phi) is 2.85. The fourth-order valence-electron chi connectivity index (χ4n) is 0.705. The smallest absolute Gasteiger partial charge is 0.137 e. The summed E-state index contributed by atoms with van der Waals surface area (Å²) in [5, 5.41) is 2.92. The Morgan fingerprint density at radius 2 is 1.89 bits per heavy atom. The van der Waals surface area contributed by atoms with Gasteiger partial charge in [0.2, 0.25) is 0 Å². The molecule has 0 saturated carbocycles. The molecular formula is C7H15NO. The number of carbonyl (C=O) groups excluding carboxylic acids is 1. The molecule has 0 aliphatic carbocycles. The molecule has 0 heterocycles. The summed E-state index contributed by atoms with van der Waals surface area (Å²) in [6.07, 6.45) is 0.944. The molecule has 1 N–H and O–H groups in total. The number of hydrogen-bond donors (Lipinski definition) is 1. The lowest BCUT2D eigenvalue weighted by molar-refractivity contribution is -0.111. The van der Waals surface area contributed by atoms with Gasteiger partial charge in [0.05, 0.1) is 6.04 Å². The number of aldehydes is 1. The summed E-state index contributed by atoms with van der Waals surface area (Å²) < 4.78 is 0. The van der Waals surface area contributed by atoms with Crippen molar-refractivity contribution >= 4 is 6.29 Å². The molecule has 0 amide bonds. The van der Waals surface area contributed by atoms with E-state index in [9.17, 15) is 4.79 Å². The Labute approximate surface area is 56.6 Å². The second kappa shape index (κ2) is 2.97. The zero-order chi connectivity index (χ0) is 7.49. The zero-order valence-corrected chi connectivity index (χ0v) is 6.56. The largest absolute Gasteiger partial charge is 0.310 e. The predicted octanol–water partition coefficient (Wildman–Crippen LogP) is 0.819. The lowest BCUT2D eigenvalue weighted by Crippen LogP contribution is -2.39. The zero-order valence-electron chi connectivity index (χ0n) is 6.56. The Morgan fingerprint density at radius 3 is 1.89 bits per heavy atom. The minimum absolute atomic E-state index is 0.0301. The summed E-state index contributed by atoms with van der Waals surface area (Å²) in [4.78, 5) is 10.3. The van der Waals surface area contributed by atoms with Crippen LogP contribution < -0.4 is 5.32 Å². The number of likely N-dealkylation sites (N-methyl/N-ethyl adjacent to an activating group) is 1. The first kappa shape index (κ1) is 8.63. The first-order valence-corrected chi connectivity index (χ1v) is 3.15. The molecule has 0 aromatic rings. The lowest BCUT2D eigenvalue weighted by Gasteiger charge is -2.24. The van der Waals surface area contributed by atoms with E-state index in [2.05, 4.69) is 5.32 Å². The lowest BCUT2D eigenvalue weighted by atomic mass is 9.88. The molecule has 0 fully saturated rings. The van der Waals surface area contributed by atoms with Crippen LogP contribution in [0.25, 0.3) is 0 Å². The number of hydrogen-bond acceptors (Lipinski definition) is 2.